The van der Waals surface area contributed by atoms with Crippen molar-refractivity contribution in [3.63, 3.8) is 0 Å². The highest BCUT2D eigenvalue weighted by molar-refractivity contribution is 14.1. The molecule has 0 atom stereocenters. The molecule has 0 spiro atoms. The highest BCUT2D eigenvalue weighted by atomic mass is 127. The van der Waals surface area contributed by atoms with E-state index < -0.39 is 5.92 Å². The highest BCUT2D eigenvalue weighted by Crippen LogP contribution is 2.26. The number of amides is 1. The Morgan fingerprint density at radius 1 is 1.50 bits per heavy atom. The first-order chi connectivity index (χ1) is 8.44. The van der Waals surface area contributed by atoms with E-state index in [9.17, 15) is 13.6 Å². The molecule has 1 heterocycles. The summed E-state index contributed by atoms with van der Waals surface area (Å²) in [7, 11) is 0. The minimum absolute atomic E-state index is 0.0149. The van der Waals surface area contributed by atoms with Gasteiger partial charge in [-0.1, -0.05) is 6.07 Å². The van der Waals surface area contributed by atoms with Crippen molar-refractivity contribution >= 4 is 34.2 Å². The molecular formula is C12H13F2IN2O. The molecule has 18 heavy (non-hydrogen) atoms. The summed E-state index contributed by atoms with van der Waals surface area (Å²) in [5.41, 5.74) is 0.692. The van der Waals surface area contributed by atoms with E-state index in [2.05, 4.69) is 27.9 Å². The van der Waals surface area contributed by atoms with Gasteiger partial charge in [-0.05, 0) is 40.8 Å². The molecule has 0 aromatic heterocycles. The fourth-order valence-corrected chi connectivity index (χ4v) is 2.45. The zero-order chi connectivity index (χ0) is 13.2. The van der Waals surface area contributed by atoms with Crippen LogP contribution in [0.1, 0.15) is 6.42 Å². The number of carbonyl (C=O) groups is 1. The maximum absolute atomic E-state index is 13.0. The number of nitrogens with zero attached hydrogens (tertiary/aromatic N) is 1. The molecule has 1 N–H and O–H groups in total. The average Bonchev–Trinajstić information content (AvgIpc) is 2.57. The molecule has 1 amide bonds. The lowest BCUT2D eigenvalue weighted by molar-refractivity contribution is -0.117. The summed E-state index contributed by atoms with van der Waals surface area (Å²) in [6.07, 6.45) is -0.163. The lowest BCUT2D eigenvalue weighted by Crippen LogP contribution is -2.33. The molecule has 98 valence electrons. The van der Waals surface area contributed by atoms with Crippen LogP contribution in [-0.2, 0) is 4.79 Å². The third kappa shape index (κ3) is 3.88. The largest absolute Gasteiger partial charge is 0.325 e. The summed E-state index contributed by atoms with van der Waals surface area (Å²) in [4.78, 5) is 13.2. The Kier molecular flexibility index (Phi) is 4.16. The van der Waals surface area contributed by atoms with Crippen molar-refractivity contribution < 1.29 is 13.6 Å². The van der Waals surface area contributed by atoms with Gasteiger partial charge in [0.1, 0.15) is 0 Å². The van der Waals surface area contributed by atoms with Crippen molar-refractivity contribution in [1.29, 1.82) is 0 Å². The topological polar surface area (TPSA) is 32.3 Å². The Morgan fingerprint density at radius 3 is 2.89 bits per heavy atom. The second-order valence-electron chi connectivity index (χ2n) is 4.38. The highest BCUT2D eigenvalue weighted by Gasteiger charge is 2.38. The van der Waals surface area contributed by atoms with Crippen LogP contribution in [0.5, 0.6) is 0 Å². The first-order valence-corrected chi connectivity index (χ1v) is 6.68. The number of halogens is 3. The van der Waals surface area contributed by atoms with Crippen LogP contribution in [0.3, 0.4) is 0 Å². The molecule has 0 radical (unpaired) electrons. The molecule has 0 aliphatic carbocycles. The van der Waals surface area contributed by atoms with Crippen molar-refractivity contribution in [2.75, 3.05) is 25.0 Å². The van der Waals surface area contributed by atoms with Gasteiger partial charge in [0.25, 0.3) is 5.92 Å². The van der Waals surface area contributed by atoms with E-state index >= 15 is 0 Å². The van der Waals surface area contributed by atoms with E-state index in [1.807, 2.05) is 18.2 Å². The van der Waals surface area contributed by atoms with E-state index in [4.69, 9.17) is 0 Å². The number of hydrogen-bond acceptors (Lipinski definition) is 2. The zero-order valence-corrected chi connectivity index (χ0v) is 11.8. The van der Waals surface area contributed by atoms with Crippen molar-refractivity contribution in [3.8, 4) is 0 Å². The monoisotopic (exact) mass is 366 g/mol. The molecule has 1 aliphatic heterocycles. The molecule has 0 bridgehead atoms. The van der Waals surface area contributed by atoms with E-state index in [0.29, 0.717) is 5.69 Å². The number of hydrogen-bond donors (Lipinski definition) is 1. The summed E-state index contributed by atoms with van der Waals surface area (Å²) in [6, 6.07) is 7.36. The summed E-state index contributed by atoms with van der Waals surface area (Å²) in [5.74, 6) is -2.91. The van der Waals surface area contributed by atoms with Gasteiger partial charge >= 0.3 is 0 Å². The maximum atomic E-state index is 13.0. The molecule has 1 fully saturated rings. The number of likely N-dealkylation sites (tertiary alicyclic amines) is 1. The van der Waals surface area contributed by atoms with Crippen molar-refractivity contribution in [2.24, 2.45) is 0 Å². The number of nitrogens with one attached hydrogen (secondary N) is 1. The Bertz CT molecular complexity index is 453. The fraction of sp³-hybridized carbons (Fsp3) is 0.417. The van der Waals surface area contributed by atoms with E-state index in [-0.39, 0.29) is 32.0 Å². The standard InChI is InChI=1S/C12H13F2IN2O/c13-12(14)4-5-17(8-12)7-11(18)16-10-3-1-2-9(15)6-10/h1-3,6H,4-5,7-8H2,(H,16,18). The van der Waals surface area contributed by atoms with Gasteiger partial charge in [0.05, 0.1) is 13.1 Å². The van der Waals surface area contributed by atoms with E-state index in [0.717, 1.165) is 3.57 Å². The van der Waals surface area contributed by atoms with Crippen LogP contribution in [0, 0.1) is 3.57 Å². The smallest absolute Gasteiger partial charge is 0.261 e. The normalized spacial score (nSPS) is 18.8. The van der Waals surface area contributed by atoms with Crippen molar-refractivity contribution in [1.82, 2.24) is 4.90 Å². The first kappa shape index (κ1) is 13.7. The lowest BCUT2D eigenvalue weighted by atomic mass is 10.3. The van der Waals surface area contributed by atoms with Gasteiger partial charge in [0.15, 0.2) is 0 Å². The summed E-state index contributed by atoms with van der Waals surface area (Å²) >= 11 is 2.15. The molecule has 1 aromatic rings. The molecular weight excluding hydrogens is 353 g/mol. The number of rotatable bonds is 3. The van der Waals surface area contributed by atoms with Gasteiger partial charge in [-0.3, -0.25) is 9.69 Å². The second-order valence-corrected chi connectivity index (χ2v) is 5.62. The van der Waals surface area contributed by atoms with Crippen molar-refractivity contribution in [3.05, 3.63) is 27.8 Å². The van der Waals surface area contributed by atoms with Gasteiger partial charge in [-0.15, -0.1) is 0 Å². The van der Waals surface area contributed by atoms with Gasteiger partial charge < -0.3 is 5.32 Å². The van der Waals surface area contributed by atoms with Crippen LogP contribution in [0.2, 0.25) is 0 Å². The van der Waals surface area contributed by atoms with Crippen LogP contribution in [0.15, 0.2) is 24.3 Å². The lowest BCUT2D eigenvalue weighted by Gasteiger charge is -2.15. The predicted octanol–water partition coefficient (Wildman–Crippen LogP) is 2.57. The number of alkyl halides is 2. The van der Waals surface area contributed by atoms with E-state index in [1.54, 1.807) is 6.07 Å². The number of anilines is 1. The Labute approximate surface area is 118 Å². The Morgan fingerprint density at radius 2 is 2.28 bits per heavy atom. The zero-order valence-electron chi connectivity index (χ0n) is 9.63. The summed E-state index contributed by atoms with van der Waals surface area (Å²) < 4.78 is 26.9. The molecule has 3 nitrogen and oxygen atoms in total. The SMILES string of the molecule is O=C(CN1CCC(F)(F)C1)Nc1cccc(I)c1. The van der Waals surface area contributed by atoms with E-state index in [1.165, 1.54) is 4.90 Å². The van der Waals surface area contributed by atoms with Gasteiger partial charge in [-0.2, -0.15) is 0 Å². The molecule has 0 unspecified atom stereocenters. The van der Waals surface area contributed by atoms with Crippen LogP contribution in [-0.4, -0.2) is 36.4 Å². The maximum Gasteiger partial charge on any atom is 0.261 e. The quantitative estimate of drug-likeness (QED) is 0.835. The Hall–Kier alpha value is -0.760. The van der Waals surface area contributed by atoms with Gasteiger partial charge in [-0.25, -0.2) is 8.78 Å². The van der Waals surface area contributed by atoms with Crippen LogP contribution in [0.25, 0.3) is 0 Å². The molecule has 6 heteroatoms. The number of carbonyl (C=O) groups excluding carboxylic acids is 1. The van der Waals surface area contributed by atoms with Gasteiger partial charge in [0, 0.05) is 22.2 Å². The minimum atomic E-state index is -2.65. The van der Waals surface area contributed by atoms with Crippen LogP contribution < -0.4 is 5.32 Å². The molecule has 1 aliphatic rings. The van der Waals surface area contributed by atoms with Crippen LogP contribution in [0.4, 0.5) is 14.5 Å². The van der Waals surface area contributed by atoms with Crippen molar-refractivity contribution in [2.45, 2.75) is 12.3 Å². The Balaban J connectivity index is 1.86. The fourth-order valence-electron chi connectivity index (χ4n) is 1.91. The average molecular weight is 366 g/mol. The third-order valence-electron chi connectivity index (χ3n) is 2.72. The molecule has 1 saturated heterocycles. The molecule has 0 saturated carbocycles. The second kappa shape index (κ2) is 5.48. The van der Waals surface area contributed by atoms with Gasteiger partial charge in [0.2, 0.25) is 5.91 Å². The third-order valence-corrected chi connectivity index (χ3v) is 3.40. The summed E-state index contributed by atoms with van der Waals surface area (Å²) in [6.45, 7) is -0.0411. The first-order valence-electron chi connectivity index (χ1n) is 5.60. The number of benzene rings is 1. The molecule has 1 aromatic carbocycles. The minimum Gasteiger partial charge on any atom is -0.325 e. The predicted molar refractivity (Wildman–Crippen MR) is 73.8 cm³/mol. The van der Waals surface area contributed by atoms with Crippen LogP contribution >= 0.6 is 22.6 Å². The summed E-state index contributed by atoms with van der Waals surface area (Å²) in [5, 5.41) is 2.71. The molecule has 2 rings (SSSR count).